The lowest BCUT2D eigenvalue weighted by Crippen LogP contribution is -2.39. The molecule has 0 saturated heterocycles. The number of nitrogens with zero attached hydrogens (tertiary/aromatic N) is 1. The lowest BCUT2D eigenvalue weighted by molar-refractivity contribution is -0.120. The Balaban J connectivity index is 1.95. The zero-order chi connectivity index (χ0) is 16.8. The first-order valence-corrected chi connectivity index (χ1v) is 7.84. The number of anilines is 1. The summed E-state index contributed by atoms with van der Waals surface area (Å²) in [4.78, 5) is 14.2. The summed E-state index contributed by atoms with van der Waals surface area (Å²) in [6, 6.07) is 14.0. The standard InChI is InChI=1S/C19H23FN2O/c1-4-15-8-10-18(11-9-15)21-19(23)14(2)22(3)13-16-6-5-7-17(20)12-16/h5-12,14H,4,13H2,1-3H3,(H,21,23)/t14-/m0/s1. The molecule has 1 atom stereocenters. The van der Waals surface area contributed by atoms with Gasteiger partial charge in [0, 0.05) is 12.2 Å². The maximum atomic E-state index is 13.2. The van der Waals surface area contributed by atoms with Gasteiger partial charge in [0.2, 0.25) is 5.91 Å². The molecule has 0 radical (unpaired) electrons. The Morgan fingerprint density at radius 2 is 1.87 bits per heavy atom. The number of hydrogen-bond donors (Lipinski definition) is 1. The number of likely N-dealkylation sites (N-methyl/N-ethyl adjacent to an activating group) is 1. The molecule has 0 unspecified atom stereocenters. The summed E-state index contributed by atoms with van der Waals surface area (Å²) in [5.41, 5.74) is 2.87. The molecule has 2 aromatic rings. The molecule has 0 aliphatic heterocycles. The normalized spacial score (nSPS) is 12.2. The van der Waals surface area contributed by atoms with Crippen LogP contribution in [0.2, 0.25) is 0 Å². The Hall–Kier alpha value is -2.20. The summed E-state index contributed by atoms with van der Waals surface area (Å²) in [6.07, 6.45) is 0.973. The molecule has 0 spiro atoms. The third kappa shape index (κ3) is 4.89. The maximum Gasteiger partial charge on any atom is 0.241 e. The van der Waals surface area contributed by atoms with E-state index in [0.29, 0.717) is 6.54 Å². The molecule has 0 bridgehead atoms. The van der Waals surface area contributed by atoms with Gasteiger partial charge in [0.1, 0.15) is 5.82 Å². The fourth-order valence-electron chi connectivity index (χ4n) is 2.33. The fraction of sp³-hybridized carbons (Fsp3) is 0.316. The van der Waals surface area contributed by atoms with Crippen molar-refractivity contribution >= 4 is 11.6 Å². The van der Waals surface area contributed by atoms with Crippen LogP contribution < -0.4 is 5.32 Å². The van der Waals surface area contributed by atoms with Crippen LogP contribution in [0.1, 0.15) is 25.0 Å². The molecule has 0 aliphatic rings. The Morgan fingerprint density at radius 1 is 1.17 bits per heavy atom. The van der Waals surface area contributed by atoms with Crippen molar-refractivity contribution in [3.63, 3.8) is 0 Å². The highest BCUT2D eigenvalue weighted by Gasteiger charge is 2.18. The third-order valence-electron chi connectivity index (χ3n) is 3.99. The van der Waals surface area contributed by atoms with Crippen molar-refractivity contribution < 1.29 is 9.18 Å². The summed E-state index contributed by atoms with van der Waals surface area (Å²) in [5, 5.41) is 2.92. The van der Waals surface area contributed by atoms with Gasteiger partial charge in [0.25, 0.3) is 0 Å². The number of carbonyl (C=O) groups is 1. The minimum absolute atomic E-state index is 0.0758. The first kappa shape index (κ1) is 17.2. The van der Waals surface area contributed by atoms with Crippen LogP contribution in [0.4, 0.5) is 10.1 Å². The highest BCUT2D eigenvalue weighted by atomic mass is 19.1. The molecule has 1 N–H and O–H groups in total. The predicted molar refractivity (Wildman–Crippen MR) is 91.8 cm³/mol. The number of carbonyl (C=O) groups excluding carboxylic acids is 1. The van der Waals surface area contributed by atoms with Crippen LogP contribution in [-0.4, -0.2) is 23.9 Å². The van der Waals surface area contributed by atoms with Crippen molar-refractivity contribution in [1.29, 1.82) is 0 Å². The fourth-order valence-corrected chi connectivity index (χ4v) is 2.33. The lowest BCUT2D eigenvalue weighted by atomic mass is 10.1. The van der Waals surface area contributed by atoms with E-state index in [9.17, 15) is 9.18 Å². The van der Waals surface area contributed by atoms with Crippen molar-refractivity contribution in [2.24, 2.45) is 0 Å². The first-order valence-electron chi connectivity index (χ1n) is 7.84. The second kappa shape index (κ2) is 7.88. The van der Waals surface area contributed by atoms with Crippen LogP contribution in [0.25, 0.3) is 0 Å². The largest absolute Gasteiger partial charge is 0.325 e. The van der Waals surface area contributed by atoms with Gasteiger partial charge in [0.15, 0.2) is 0 Å². The Labute approximate surface area is 137 Å². The topological polar surface area (TPSA) is 32.3 Å². The van der Waals surface area contributed by atoms with Gasteiger partial charge in [-0.2, -0.15) is 0 Å². The highest BCUT2D eigenvalue weighted by molar-refractivity contribution is 5.94. The van der Waals surface area contributed by atoms with Crippen LogP contribution in [0.5, 0.6) is 0 Å². The molecule has 2 aromatic carbocycles. The minimum atomic E-state index is -0.316. The van der Waals surface area contributed by atoms with E-state index in [1.54, 1.807) is 6.07 Å². The smallest absolute Gasteiger partial charge is 0.241 e. The molecule has 0 aliphatic carbocycles. The summed E-state index contributed by atoms with van der Waals surface area (Å²) in [7, 11) is 1.86. The number of amides is 1. The van der Waals surface area contributed by atoms with Crippen molar-refractivity contribution in [1.82, 2.24) is 4.90 Å². The SMILES string of the molecule is CCc1ccc(NC(=O)[C@H](C)N(C)Cc2cccc(F)c2)cc1. The van der Waals surface area contributed by atoms with E-state index >= 15 is 0 Å². The van der Waals surface area contributed by atoms with Crippen molar-refractivity contribution in [3.8, 4) is 0 Å². The van der Waals surface area contributed by atoms with E-state index in [-0.39, 0.29) is 17.8 Å². The Bertz CT molecular complexity index is 655. The van der Waals surface area contributed by atoms with E-state index < -0.39 is 0 Å². The van der Waals surface area contributed by atoms with Gasteiger partial charge >= 0.3 is 0 Å². The number of hydrogen-bond acceptors (Lipinski definition) is 2. The number of halogens is 1. The van der Waals surface area contributed by atoms with Gasteiger partial charge in [-0.25, -0.2) is 4.39 Å². The summed E-state index contributed by atoms with van der Waals surface area (Å²) in [6.45, 7) is 4.45. The van der Waals surface area contributed by atoms with Crippen LogP contribution in [0.15, 0.2) is 48.5 Å². The van der Waals surface area contributed by atoms with Crippen LogP contribution in [0.3, 0.4) is 0 Å². The predicted octanol–water partition coefficient (Wildman–Crippen LogP) is 3.85. The summed E-state index contributed by atoms with van der Waals surface area (Å²) >= 11 is 0. The minimum Gasteiger partial charge on any atom is -0.325 e. The molecule has 0 heterocycles. The number of nitrogens with one attached hydrogen (secondary N) is 1. The molecule has 23 heavy (non-hydrogen) atoms. The van der Waals surface area contributed by atoms with E-state index in [1.807, 2.05) is 49.2 Å². The molecule has 0 fully saturated rings. The monoisotopic (exact) mass is 314 g/mol. The van der Waals surface area contributed by atoms with Crippen LogP contribution in [0, 0.1) is 5.82 Å². The van der Waals surface area contributed by atoms with Crippen molar-refractivity contribution in [2.45, 2.75) is 32.9 Å². The molecule has 4 heteroatoms. The van der Waals surface area contributed by atoms with Gasteiger partial charge in [0.05, 0.1) is 6.04 Å². The second-order valence-electron chi connectivity index (χ2n) is 5.76. The maximum absolute atomic E-state index is 13.2. The third-order valence-corrected chi connectivity index (χ3v) is 3.99. The van der Waals surface area contributed by atoms with E-state index in [4.69, 9.17) is 0 Å². The quantitative estimate of drug-likeness (QED) is 0.878. The summed E-state index contributed by atoms with van der Waals surface area (Å²) in [5.74, 6) is -0.336. The van der Waals surface area contributed by atoms with Gasteiger partial charge in [-0.05, 0) is 55.8 Å². The molecule has 2 rings (SSSR count). The van der Waals surface area contributed by atoms with Gasteiger partial charge in [-0.1, -0.05) is 31.2 Å². The van der Waals surface area contributed by atoms with Crippen molar-refractivity contribution in [3.05, 3.63) is 65.5 Å². The van der Waals surface area contributed by atoms with Gasteiger partial charge in [-0.15, -0.1) is 0 Å². The number of benzene rings is 2. The van der Waals surface area contributed by atoms with Gasteiger partial charge in [-0.3, -0.25) is 9.69 Å². The zero-order valence-electron chi connectivity index (χ0n) is 13.8. The second-order valence-corrected chi connectivity index (χ2v) is 5.76. The molecule has 0 aromatic heterocycles. The average molecular weight is 314 g/mol. The molecule has 1 amide bonds. The van der Waals surface area contributed by atoms with E-state index in [0.717, 1.165) is 17.7 Å². The average Bonchev–Trinajstić information content (AvgIpc) is 2.54. The number of rotatable bonds is 6. The van der Waals surface area contributed by atoms with Crippen LogP contribution >= 0.6 is 0 Å². The van der Waals surface area contributed by atoms with E-state index in [1.165, 1.54) is 17.7 Å². The Kier molecular flexibility index (Phi) is 5.88. The van der Waals surface area contributed by atoms with E-state index in [2.05, 4.69) is 12.2 Å². The Morgan fingerprint density at radius 3 is 2.48 bits per heavy atom. The molecular formula is C19H23FN2O. The van der Waals surface area contributed by atoms with Crippen molar-refractivity contribution in [2.75, 3.05) is 12.4 Å². The van der Waals surface area contributed by atoms with Crippen LogP contribution in [-0.2, 0) is 17.8 Å². The molecule has 122 valence electrons. The number of aryl methyl sites for hydroxylation is 1. The highest BCUT2D eigenvalue weighted by Crippen LogP contribution is 2.13. The molecule has 0 saturated carbocycles. The molecular weight excluding hydrogens is 291 g/mol. The summed E-state index contributed by atoms with van der Waals surface area (Å²) < 4.78 is 13.2. The molecule has 3 nitrogen and oxygen atoms in total. The zero-order valence-corrected chi connectivity index (χ0v) is 13.8. The lowest BCUT2D eigenvalue weighted by Gasteiger charge is -2.24. The van der Waals surface area contributed by atoms with Gasteiger partial charge < -0.3 is 5.32 Å². The first-order chi connectivity index (χ1) is 11.0.